The van der Waals surface area contributed by atoms with Crippen LogP contribution in [0.4, 0.5) is 0 Å². The number of carbonyl (C=O) groups is 1. The van der Waals surface area contributed by atoms with Gasteiger partial charge in [0, 0.05) is 19.1 Å². The van der Waals surface area contributed by atoms with Gasteiger partial charge in [0.1, 0.15) is 5.54 Å². The predicted octanol–water partition coefficient (Wildman–Crippen LogP) is 1.43. The molecular weight excluding hydrogens is 216 g/mol. The molecular formula is C13H26N2O2. The lowest BCUT2D eigenvalue weighted by Crippen LogP contribution is -2.56. The van der Waals surface area contributed by atoms with E-state index in [0.717, 1.165) is 19.4 Å². The number of hydrogen-bond donors (Lipinski definition) is 2. The molecule has 1 amide bonds. The number of carbonyl (C=O) groups excluding carboxylic acids is 1. The third-order valence-electron chi connectivity index (χ3n) is 3.17. The second kappa shape index (κ2) is 5.83. The third-order valence-corrected chi connectivity index (χ3v) is 3.17. The Balaban J connectivity index is 2.56. The Hall–Kier alpha value is -0.610. The molecule has 0 saturated heterocycles. The van der Waals surface area contributed by atoms with Crippen LogP contribution in [0.5, 0.6) is 0 Å². The average molecular weight is 242 g/mol. The molecule has 1 rings (SSSR count). The van der Waals surface area contributed by atoms with Crippen molar-refractivity contribution in [2.24, 2.45) is 11.7 Å². The van der Waals surface area contributed by atoms with Gasteiger partial charge in [0.05, 0.1) is 6.10 Å². The summed E-state index contributed by atoms with van der Waals surface area (Å²) in [5.41, 5.74) is 4.98. The van der Waals surface area contributed by atoms with E-state index < -0.39 is 5.54 Å². The van der Waals surface area contributed by atoms with Crippen LogP contribution < -0.4 is 11.1 Å². The van der Waals surface area contributed by atoms with Gasteiger partial charge in [0.25, 0.3) is 0 Å². The van der Waals surface area contributed by atoms with Crippen molar-refractivity contribution in [1.82, 2.24) is 5.32 Å². The summed E-state index contributed by atoms with van der Waals surface area (Å²) in [5, 5.41) is 3.32. The average Bonchev–Trinajstić information content (AvgIpc) is 2.59. The SMILES string of the molecule is CC(C)COC1CCC(NC(C)C)(C(N)=O)C1. The minimum Gasteiger partial charge on any atom is -0.378 e. The molecule has 1 fully saturated rings. The lowest BCUT2D eigenvalue weighted by Gasteiger charge is -2.29. The predicted molar refractivity (Wildman–Crippen MR) is 68.6 cm³/mol. The standard InChI is InChI=1S/C13H26N2O2/c1-9(2)8-17-11-5-6-13(7-11,12(14)16)15-10(3)4/h9-11,15H,5-8H2,1-4H3,(H2,14,16). The molecule has 0 heterocycles. The van der Waals surface area contributed by atoms with Crippen molar-refractivity contribution >= 4 is 5.91 Å². The normalized spacial score (nSPS) is 29.2. The molecule has 17 heavy (non-hydrogen) atoms. The van der Waals surface area contributed by atoms with E-state index in [-0.39, 0.29) is 18.1 Å². The van der Waals surface area contributed by atoms with Gasteiger partial charge in [-0.2, -0.15) is 0 Å². The Kier molecular flexibility index (Phi) is 4.95. The minimum atomic E-state index is -0.560. The first-order valence-electron chi connectivity index (χ1n) is 6.55. The summed E-state index contributed by atoms with van der Waals surface area (Å²) in [4.78, 5) is 11.6. The molecule has 0 aromatic heterocycles. The van der Waals surface area contributed by atoms with Crippen molar-refractivity contribution in [2.45, 2.75) is 64.6 Å². The van der Waals surface area contributed by atoms with E-state index in [1.54, 1.807) is 0 Å². The third kappa shape index (κ3) is 3.96. The lowest BCUT2D eigenvalue weighted by atomic mass is 9.95. The van der Waals surface area contributed by atoms with Crippen LogP contribution in [0.15, 0.2) is 0 Å². The molecule has 1 aliphatic carbocycles. The molecule has 1 aliphatic rings. The molecule has 0 aromatic carbocycles. The molecule has 2 unspecified atom stereocenters. The second-order valence-corrected chi connectivity index (χ2v) is 5.84. The highest BCUT2D eigenvalue weighted by molar-refractivity contribution is 5.85. The van der Waals surface area contributed by atoms with Crippen LogP contribution in [-0.2, 0) is 9.53 Å². The molecule has 0 aromatic rings. The van der Waals surface area contributed by atoms with Gasteiger partial charge in [0.2, 0.25) is 5.91 Å². The van der Waals surface area contributed by atoms with Crippen molar-refractivity contribution in [2.75, 3.05) is 6.61 Å². The molecule has 0 aliphatic heterocycles. The summed E-state index contributed by atoms with van der Waals surface area (Å²) >= 11 is 0. The molecule has 1 saturated carbocycles. The zero-order valence-corrected chi connectivity index (χ0v) is 11.5. The van der Waals surface area contributed by atoms with E-state index >= 15 is 0 Å². The summed E-state index contributed by atoms with van der Waals surface area (Å²) in [6, 6.07) is 0.256. The number of rotatable bonds is 6. The van der Waals surface area contributed by atoms with Crippen LogP contribution in [0, 0.1) is 5.92 Å². The Morgan fingerprint density at radius 1 is 1.47 bits per heavy atom. The Morgan fingerprint density at radius 2 is 2.12 bits per heavy atom. The number of hydrogen-bond acceptors (Lipinski definition) is 3. The highest BCUT2D eigenvalue weighted by Gasteiger charge is 2.44. The highest BCUT2D eigenvalue weighted by Crippen LogP contribution is 2.32. The van der Waals surface area contributed by atoms with Crippen molar-refractivity contribution in [3.05, 3.63) is 0 Å². The fraction of sp³-hybridized carbons (Fsp3) is 0.923. The zero-order valence-electron chi connectivity index (χ0n) is 11.5. The van der Waals surface area contributed by atoms with E-state index in [9.17, 15) is 4.79 Å². The van der Waals surface area contributed by atoms with Gasteiger partial charge in [-0.15, -0.1) is 0 Å². The quantitative estimate of drug-likeness (QED) is 0.740. The molecule has 0 bridgehead atoms. The molecule has 2 atom stereocenters. The van der Waals surface area contributed by atoms with Gasteiger partial charge in [-0.1, -0.05) is 13.8 Å². The van der Waals surface area contributed by atoms with Gasteiger partial charge in [-0.05, 0) is 32.6 Å². The summed E-state index contributed by atoms with van der Waals surface area (Å²) in [6.07, 6.45) is 2.56. The van der Waals surface area contributed by atoms with E-state index in [1.165, 1.54) is 0 Å². The molecule has 100 valence electrons. The van der Waals surface area contributed by atoms with E-state index in [1.807, 2.05) is 13.8 Å². The maximum atomic E-state index is 11.6. The number of amides is 1. The summed E-state index contributed by atoms with van der Waals surface area (Å²) < 4.78 is 5.80. The second-order valence-electron chi connectivity index (χ2n) is 5.84. The Labute approximate surface area is 104 Å². The first-order valence-corrected chi connectivity index (χ1v) is 6.55. The van der Waals surface area contributed by atoms with E-state index in [2.05, 4.69) is 19.2 Å². The van der Waals surface area contributed by atoms with Gasteiger partial charge in [-0.25, -0.2) is 0 Å². The van der Waals surface area contributed by atoms with Gasteiger partial charge >= 0.3 is 0 Å². The first-order chi connectivity index (χ1) is 7.85. The first kappa shape index (κ1) is 14.5. The van der Waals surface area contributed by atoms with Crippen molar-refractivity contribution in [3.8, 4) is 0 Å². The van der Waals surface area contributed by atoms with Crippen LogP contribution in [0.1, 0.15) is 47.0 Å². The minimum absolute atomic E-state index is 0.163. The van der Waals surface area contributed by atoms with Crippen LogP contribution in [-0.4, -0.2) is 30.2 Å². The number of nitrogens with two attached hydrogens (primary N) is 1. The molecule has 3 N–H and O–H groups in total. The highest BCUT2D eigenvalue weighted by atomic mass is 16.5. The topological polar surface area (TPSA) is 64.3 Å². The number of ether oxygens (including phenoxy) is 1. The van der Waals surface area contributed by atoms with Crippen molar-refractivity contribution in [1.29, 1.82) is 0 Å². The van der Waals surface area contributed by atoms with E-state index in [0.29, 0.717) is 12.3 Å². The van der Waals surface area contributed by atoms with Gasteiger partial charge in [-0.3, -0.25) is 4.79 Å². The monoisotopic (exact) mass is 242 g/mol. The fourth-order valence-corrected chi connectivity index (χ4v) is 2.45. The molecule has 4 nitrogen and oxygen atoms in total. The number of nitrogens with one attached hydrogen (secondary N) is 1. The molecule has 4 heteroatoms. The van der Waals surface area contributed by atoms with Gasteiger partial charge in [0.15, 0.2) is 0 Å². The molecule has 0 radical (unpaired) electrons. The fourth-order valence-electron chi connectivity index (χ4n) is 2.45. The van der Waals surface area contributed by atoms with Crippen LogP contribution in [0.2, 0.25) is 0 Å². The van der Waals surface area contributed by atoms with Crippen LogP contribution in [0.25, 0.3) is 0 Å². The van der Waals surface area contributed by atoms with Gasteiger partial charge < -0.3 is 15.8 Å². The van der Waals surface area contributed by atoms with Crippen molar-refractivity contribution in [3.63, 3.8) is 0 Å². The smallest absolute Gasteiger partial charge is 0.237 e. The molecule has 0 spiro atoms. The number of primary amides is 1. The van der Waals surface area contributed by atoms with Crippen LogP contribution >= 0.6 is 0 Å². The zero-order chi connectivity index (χ0) is 13.1. The maximum absolute atomic E-state index is 11.6. The Bertz CT molecular complexity index is 266. The largest absolute Gasteiger partial charge is 0.378 e. The van der Waals surface area contributed by atoms with Crippen LogP contribution in [0.3, 0.4) is 0 Å². The summed E-state index contributed by atoms with van der Waals surface area (Å²) in [7, 11) is 0. The summed E-state index contributed by atoms with van der Waals surface area (Å²) in [6.45, 7) is 9.08. The maximum Gasteiger partial charge on any atom is 0.237 e. The van der Waals surface area contributed by atoms with E-state index in [4.69, 9.17) is 10.5 Å². The summed E-state index contributed by atoms with van der Waals surface area (Å²) in [5.74, 6) is 0.276. The van der Waals surface area contributed by atoms with Crippen molar-refractivity contribution < 1.29 is 9.53 Å². The Morgan fingerprint density at radius 3 is 2.59 bits per heavy atom. The lowest BCUT2D eigenvalue weighted by molar-refractivity contribution is -0.125.